The molecule has 8 heteroatoms. The zero-order valence-electron chi connectivity index (χ0n) is 12.4. The molecule has 0 spiro atoms. The van der Waals surface area contributed by atoms with Crippen LogP contribution in [0.15, 0.2) is 18.3 Å². The molecule has 0 saturated carbocycles. The number of hydrogen-bond donors (Lipinski definition) is 2. The molecule has 0 saturated heterocycles. The standard InChI is InChI=1S/C13H22N4OS.2ClH/c1-3-17(4-2)7-8-19-10-13(18)16-11-5-6-12(14)15-9-11;;/h5-6,9H,3-4,7-8,10H2,1-2H3,(H2,14,15)(H,16,18);2*1H. The van der Waals surface area contributed by atoms with Crippen LogP contribution in [0.1, 0.15) is 13.8 Å². The van der Waals surface area contributed by atoms with Crippen molar-refractivity contribution in [2.75, 3.05) is 42.2 Å². The zero-order valence-corrected chi connectivity index (χ0v) is 14.8. The van der Waals surface area contributed by atoms with Gasteiger partial charge in [-0.25, -0.2) is 4.98 Å². The van der Waals surface area contributed by atoms with Crippen LogP contribution in [0.3, 0.4) is 0 Å². The van der Waals surface area contributed by atoms with Crippen molar-refractivity contribution >= 4 is 54.0 Å². The van der Waals surface area contributed by atoms with E-state index in [4.69, 9.17) is 5.73 Å². The van der Waals surface area contributed by atoms with Crippen molar-refractivity contribution < 1.29 is 4.79 Å². The maximum absolute atomic E-state index is 11.7. The van der Waals surface area contributed by atoms with E-state index in [1.54, 1.807) is 30.1 Å². The van der Waals surface area contributed by atoms with E-state index < -0.39 is 0 Å². The van der Waals surface area contributed by atoms with Gasteiger partial charge in [0.25, 0.3) is 0 Å². The fraction of sp³-hybridized carbons (Fsp3) is 0.538. The van der Waals surface area contributed by atoms with Gasteiger partial charge in [-0.2, -0.15) is 11.8 Å². The second-order valence-corrected chi connectivity index (χ2v) is 5.20. The SMILES string of the molecule is CCN(CC)CCSCC(=O)Nc1ccc(N)nc1.Cl.Cl. The van der Waals surface area contributed by atoms with Crippen LogP contribution in [0, 0.1) is 0 Å². The molecule has 0 fully saturated rings. The Morgan fingerprint density at radius 1 is 1.33 bits per heavy atom. The van der Waals surface area contributed by atoms with Gasteiger partial charge in [0.05, 0.1) is 17.6 Å². The minimum atomic E-state index is -0.00359. The van der Waals surface area contributed by atoms with Gasteiger partial charge in [-0.1, -0.05) is 13.8 Å². The number of hydrogen-bond acceptors (Lipinski definition) is 5. The maximum Gasteiger partial charge on any atom is 0.234 e. The van der Waals surface area contributed by atoms with Gasteiger partial charge in [-0.3, -0.25) is 4.79 Å². The summed E-state index contributed by atoms with van der Waals surface area (Å²) >= 11 is 1.64. The second kappa shape index (κ2) is 13.0. The molecular formula is C13H24Cl2N4OS. The van der Waals surface area contributed by atoms with Crippen molar-refractivity contribution in [1.82, 2.24) is 9.88 Å². The molecule has 0 bridgehead atoms. The summed E-state index contributed by atoms with van der Waals surface area (Å²) in [5.41, 5.74) is 6.16. The summed E-state index contributed by atoms with van der Waals surface area (Å²) in [6.07, 6.45) is 1.56. The fourth-order valence-electron chi connectivity index (χ4n) is 1.57. The average molecular weight is 355 g/mol. The van der Waals surface area contributed by atoms with Gasteiger partial charge in [0.2, 0.25) is 5.91 Å². The molecule has 1 heterocycles. The highest BCUT2D eigenvalue weighted by molar-refractivity contribution is 7.99. The summed E-state index contributed by atoms with van der Waals surface area (Å²) in [6, 6.07) is 3.42. The largest absolute Gasteiger partial charge is 0.384 e. The number of amides is 1. The van der Waals surface area contributed by atoms with Crippen LogP contribution in [-0.2, 0) is 4.79 Å². The van der Waals surface area contributed by atoms with Crippen molar-refractivity contribution in [3.63, 3.8) is 0 Å². The van der Waals surface area contributed by atoms with E-state index in [2.05, 4.69) is 29.0 Å². The van der Waals surface area contributed by atoms with Crippen molar-refractivity contribution in [3.05, 3.63) is 18.3 Å². The molecule has 0 aliphatic rings. The lowest BCUT2D eigenvalue weighted by Crippen LogP contribution is -2.26. The Labute approximate surface area is 143 Å². The molecule has 1 amide bonds. The predicted molar refractivity (Wildman–Crippen MR) is 96.9 cm³/mol. The number of rotatable bonds is 8. The van der Waals surface area contributed by atoms with Gasteiger partial charge in [0.1, 0.15) is 5.82 Å². The van der Waals surface area contributed by atoms with E-state index in [9.17, 15) is 4.79 Å². The normalized spacial score (nSPS) is 9.67. The van der Waals surface area contributed by atoms with E-state index >= 15 is 0 Å². The first-order valence-corrected chi connectivity index (χ1v) is 7.62. The minimum Gasteiger partial charge on any atom is -0.384 e. The molecule has 5 nitrogen and oxygen atoms in total. The van der Waals surface area contributed by atoms with Crippen LogP contribution < -0.4 is 11.1 Å². The summed E-state index contributed by atoms with van der Waals surface area (Å²) in [6.45, 7) is 7.43. The number of nitrogens with one attached hydrogen (secondary N) is 1. The number of nitrogen functional groups attached to an aromatic ring is 1. The van der Waals surface area contributed by atoms with Crippen LogP contribution in [0.25, 0.3) is 0 Å². The highest BCUT2D eigenvalue weighted by Crippen LogP contribution is 2.08. The first-order chi connectivity index (χ1) is 9.15. The molecule has 0 unspecified atom stereocenters. The number of carbonyl (C=O) groups excluding carboxylic acids is 1. The topological polar surface area (TPSA) is 71.2 Å². The number of thioether (sulfide) groups is 1. The molecule has 0 aliphatic heterocycles. The number of aromatic nitrogens is 1. The van der Waals surface area contributed by atoms with Gasteiger partial charge in [0, 0.05) is 12.3 Å². The van der Waals surface area contributed by atoms with Gasteiger partial charge in [0.15, 0.2) is 0 Å². The maximum atomic E-state index is 11.7. The summed E-state index contributed by atoms with van der Waals surface area (Å²) < 4.78 is 0. The van der Waals surface area contributed by atoms with Gasteiger partial charge >= 0.3 is 0 Å². The summed E-state index contributed by atoms with van der Waals surface area (Å²) in [5, 5.41) is 2.79. The third kappa shape index (κ3) is 9.79. The lowest BCUT2D eigenvalue weighted by Gasteiger charge is -2.17. The Balaban J connectivity index is 0. The Kier molecular flexibility index (Phi) is 14.0. The lowest BCUT2D eigenvalue weighted by atomic mass is 10.4. The molecule has 122 valence electrons. The number of nitrogens with zero attached hydrogens (tertiary/aromatic N) is 2. The average Bonchev–Trinajstić information content (AvgIpc) is 2.42. The van der Waals surface area contributed by atoms with E-state index in [0.29, 0.717) is 17.3 Å². The van der Waals surface area contributed by atoms with Crippen LogP contribution in [0.4, 0.5) is 11.5 Å². The Morgan fingerprint density at radius 3 is 2.52 bits per heavy atom. The number of carbonyl (C=O) groups is 1. The van der Waals surface area contributed by atoms with Crippen molar-refractivity contribution in [3.8, 4) is 0 Å². The van der Waals surface area contributed by atoms with Crippen LogP contribution >= 0.6 is 36.6 Å². The third-order valence-electron chi connectivity index (χ3n) is 2.75. The zero-order chi connectivity index (χ0) is 14.1. The van der Waals surface area contributed by atoms with Crippen molar-refractivity contribution in [2.24, 2.45) is 0 Å². The summed E-state index contributed by atoms with van der Waals surface area (Å²) in [4.78, 5) is 17.9. The van der Waals surface area contributed by atoms with E-state index in [0.717, 1.165) is 25.4 Å². The highest BCUT2D eigenvalue weighted by Gasteiger charge is 2.04. The lowest BCUT2D eigenvalue weighted by molar-refractivity contribution is -0.113. The number of pyridine rings is 1. The Morgan fingerprint density at radius 2 is 2.00 bits per heavy atom. The van der Waals surface area contributed by atoms with Gasteiger partial charge in [-0.05, 0) is 25.2 Å². The predicted octanol–water partition coefficient (Wildman–Crippen LogP) is 2.52. The molecule has 0 aromatic carbocycles. The van der Waals surface area contributed by atoms with Gasteiger partial charge in [-0.15, -0.1) is 24.8 Å². The number of anilines is 2. The molecule has 1 aromatic rings. The number of halogens is 2. The quantitative estimate of drug-likeness (QED) is 0.701. The van der Waals surface area contributed by atoms with Crippen molar-refractivity contribution in [2.45, 2.75) is 13.8 Å². The number of nitrogens with two attached hydrogens (primary N) is 1. The van der Waals surface area contributed by atoms with E-state index in [1.807, 2.05) is 0 Å². The molecule has 3 N–H and O–H groups in total. The third-order valence-corrected chi connectivity index (χ3v) is 3.69. The summed E-state index contributed by atoms with van der Waals surface area (Å²) in [5.74, 6) is 1.88. The molecular weight excluding hydrogens is 331 g/mol. The van der Waals surface area contributed by atoms with Crippen LogP contribution in [-0.4, -0.2) is 46.9 Å². The summed E-state index contributed by atoms with van der Waals surface area (Å²) in [7, 11) is 0. The second-order valence-electron chi connectivity index (χ2n) is 4.10. The molecule has 1 rings (SSSR count). The highest BCUT2D eigenvalue weighted by atomic mass is 35.5. The Hall–Kier alpha value is -0.690. The fourth-order valence-corrected chi connectivity index (χ4v) is 2.36. The molecule has 0 atom stereocenters. The minimum absolute atomic E-state index is 0. The van der Waals surface area contributed by atoms with E-state index in [1.165, 1.54) is 0 Å². The van der Waals surface area contributed by atoms with Crippen LogP contribution in [0.2, 0.25) is 0 Å². The monoisotopic (exact) mass is 354 g/mol. The van der Waals surface area contributed by atoms with Gasteiger partial charge < -0.3 is 16.0 Å². The first-order valence-electron chi connectivity index (χ1n) is 6.47. The molecule has 21 heavy (non-hydrogen) atoms. The molecule has 1 aromatic heterocycles. The smallest absolute Gasteiger partial charge is 0.234 e. The Bertz CT molecular complexity index is 388. The van der Waals surface area contributed by atoms with Crippen molar-refractivity contribution in [1.29, 1.82) is 0 Å². The van der Waals surface area contributed by atoms with Crippen LogP contribution in [0.5, 0.6) is 0 Å². The van der Waals surface area contributed by atoms with E-state index in [-0.39, 0.29) is 30.7 Å². The molecule has 0 aliphatic carbocycles. The molecule has 0 radical (unpaired) electrons. The first kappa shape index (κ1) is 22.6.